The number of fused-ring (bicyclic) bond motifs is 1. The fraction of sp³-hybridized carbons (Fsp3) is 0.300. The Bertz CT molecular complexity index is 530. The number of hydrogen-bond donors (Lipinski definition) is 1. The molecular formula is C10H10O4S. The van der Waals surface area contributed by atoms with Gasteiger partial charge >= 0.3 is 5.97 Å². The van der Waals surface area contributed by atoms with Crippen molar-refractivity contribution in [3.05, 3.63) is 29.3 Å². The van der Waals surface area contributed by atoms with Gasteiger partial charge in [0.05, 0.1) is 16.2 Å². The van der Waals surface area contributed by atoms with Gasteiger partial charge < -0.3 is 5.11 Å². The number of carbonyl (C=O) groups is 1. The summed E-state index contributed by atoms with van der Waals surface area (Å²) in [6, 6.07) is 4.39. The summed E-state index contributed by atoms with van der Waals surface area (Å²) in [6.45, 7) is 1.73. The Kier molecular flexibility index (Phi) is 2.08. The number of hydrogen-bond acceptors (Lipinski definition) is 3. The third-order valence-electron chi connectivity index (χ3n) is 2.59. The zero-order chi connectivity index (χ0) is 11.2. The highest BCUT2D eigenvalue weighted by Crippen LogP contribution is 2.36. The van der Waals surface area contributed by atoms with Crippen LogP contribution in [0.3, 0.4) is 0 Å². The van der Waals surface area contributed by atoms with Crippen LogP contribution < -0.4 is 0 Å². The standard InChI is InChI=1S/C10H10O4S/c1-6-5-15(13,14)8-4-2-3-7(9(6)8)10(11)12/h2-4,6H,5H2,1H3,(H,11,12). The highest BCUT2D eigenvalue weighted by atomic mass is 32.2. The summed E-state index contributed by atoms with van der Waals surface area (Å²) < 4.78 is 23.3. The number of benzene rings is 1. The molecule has 0 amide bonds. The van der Waals surface area contributed by atoms with E-state index in [0.29, 0.717) is 5.56 Å². The molecule has 4 nitrogen and oxygen atoms in total. The van der Waals surface area contributed by atoms with Gasteiger partial charge in [-0.1, -0.05) is 13.0 Å². The summed E-state index contributed by atoms with van der Waals surface area (Å²) in [6.07, 6.45) is 0. The molecule has 0 spiro atoms. The number of sulfone groups is 1. The molecule has 5 heteroatoms. The highest BCUT2D eigenvalue weighted by Gasteiger charge is 2.35. The second kappa shape index (κ2) is 3.06. The summed E-state index contributed by atoms with van der Waals surface area (Å²) in [5, 5.41) is 8.94. The molecule has 80 valence electrons. The van der Waals surface area contributed by atoms with Gasteiger partial charge in [0.2, 0.25) is 0 Å². The van der Waals surface area contributed by atoms with Gasteiger partial charge in [-0.05, 0) is 23.6 Å². The molecule has 0 aliphatic carbocycles. The third-order valence-corrected chi connectivity index (χ3v) is 4.56. The summed E-state index contributed by atoms with van der Waals surface area (Å²) in [7, 11) is -3.27. The first-order valence-electron chi connectivity index (χ1n) is 4.52. The van der Waals surface area contributed by atoms with Crippen molar-refractivity contribution in [3.8, 4) is 0 Å². The van der Waals surface area contributed by atoms with Gasteiger partial charge in [0.15, 0.2) is 9.84 Å². The van der Waals surface area contributed by atoms with Gasteiger partial charge in [-0.15, -0.1) is 0 Å². The lowest BCUT2D eigenvalue weighted by Crippen LogP contribution is -2.03. The molecule has 1 aromatic carbocycles. The van der Waals surface area contributed by atoms with Crippen molar-refractivity contribution in [3.63, 3.8) is 0 Å². The SMILES string of the molecule is CC1CS(=O)(=O)c2cccc(C(=O)O)c21. The molecule has 1 heterocycles. The van der Waals surface area contributed by atoms with E-state index in [-0.39, 0.29) is 22.1 Å². The van der Waals surface area contributed by atoms with Gasteiger partial charge in [-0.2, -0.15) is 0 Å². The lowest BCUT2D eigenvalue weighted by Gasteiger charge is -2.05. The summed E-state index contributed by atoms with van der Waals surface area (Å²) in [5.41, 5.74) is 0.547. The van der Waals surface area contributed by atoms with E-state index in [9.17, 15) is 13.2 Å². The maximum Gasteiger partial charge on any atom is 0.336 e. The number of carboxylic acid groups (broad SMARTS) is 1. The van der Waals surface area contributed by atoms with Crippen molar-refractivity contribution in [1.29, 1.82) is 0 Å². The van der Waals surface area contributed by atoms with Crippen LogP contribution >= 0.6 is 0 Å². The van der Waals surface area contributed by atoms with Crippen LogP contribution in [-0.2, 0) is 9.84 Å². The fourth-order valence-corrected chi connectivity index (χ4v) is 3.95. The summed E-state index contributed by atoms with van der Waals surface area (Å²) in [4.78, 5) is 11.1. The van der Waals surface area contributed by atoms with Gasteiger partial charge in [-0.25, -0.2) is 13.2 Å². The average Bonchev–Trinajstić information content (AvgIpc) is 2.37. The topological polar surface area (TPSA) is 71.4 Å². The maximum absolute atomic E-state index is 11.6. The maximum atomic E-state index is 11.6. The predicted molar refractivity (Wildman–Crippen MR) is 53.9 cm³/mol. The molecule has 0 aromatic heterocycles. The van der Waals surface area contributed by atoms with E-state index in [0.717, 1.165) is 0 Å². The molecule has 2 rings (SSSR count). The van der Waals surface area contributed by atoms with Crippen molar-refractivity contribution >= 4 is 15.8 Å². The first-order valence-corrected chi connectivity index (χ1v) is 6.17. The number of rotatable bonds is 1. The lowest BCUT2D eigenvalue weighted by molar-refractivity contribution is 0.0695. The lowest BCUT2D eigenvalue weighted by atomic mass is 9.97. The van der Waals surface area contributed by atoms with Crippen LogP contribution in [-0.4, -0.2) is 25.2 Å². The van der Waals surface area contributed by atoms with E-state index in [1.165, 1.54) is 18.2 Å². The minimum absolute atomic E-state index is 0.00657. The number of carboxylic acids is 1. The monoisotopic (exact) mass is 226 g/mol. The molecule has 1 aromatic rings. The van der Waals surface area contributed by atoms with E-state index in [1.54, 1.807) is 6.92 Å². The van der Waals surface area contributed by atoms with Crippen molar-refractivity contribution in [2.45, 2.75) is 17.7 Å². The molecule has 1 N–H and O–H groups in total. The first-order chi connectivity index (χ1) is 6.93. The fourth-order valence-electron chi connectivity index (χ4n) is 2.01. The summed E-state index contributed by atoms with van der Waals surface area (Å²) >= 11 is 0. The Hall–Kier alpha value is -1.36. The normalized spacial score (nSPS) is 22.3. The summed E-state index contributed by atoms with van der Waals surface area (Å²) in [5.74, 6) is -1.31. The van der Waals surface area contributed by atoms with E-state index in [4.69, 9.17) is 5.11 Å². The Morgan fingerprint density at radius 1 is 1.47 bits per heavy atom. The third kappa shape index (κ3) is 1.43. The van der Waals surface area contributed by atoms with Crippen LogP contribution in [0.2, 0.25) is 0 Å². The van der Waals surface area contributed by atoms with Crippen LogP contribution in [0.1, 0.15) is 28.8 Å². The van der Waals surface area contributed by atoms with Gasteiger partial charge in [0.1, 0.15) is 0 Å². The molecule has 1 atom stereocenters. The van der Waals surface area contributed by atoms with Crippen LogP contribution in [0.15, 0.2) is 23.1 Å². The molecule has 0 bridgehead atoms. The van der Waals surface area contributed by atoms with Crippen molar-refractivity contribution in [2.24, 2.45) is 0 Å². The molecule has 0 radical (unpaired) electrons. The molecule has 1 aliphatic rings. The van der Waals surface area contributed by atoms with Crippen LogP contribution in [0, 0.1) is 0 Å². The molecular weight excluding hydrogens is 216 g/mol. The van der Waals surface area contributed by atoms with Crippen LogP contribution in [0.25, 0.3) is 0 Å². The Morgan fingerprint density at radius 2 is 2.13 bits per heavy atom. The van der Waals surface area contributed by atoms with E-state index >= 15 is 0 Å². The smallest absolute Gasteiger partial charge is 0.336 e. The highest BCUT2D eigenvalue weighted by molar-refractivity contribution is 7.91. The Balaban J connectivity index is 2.79. The second-order valence-electron chi connectivity index (χ2n) is 3.70. The molecule has 1 aliphatic heterocycles. The predicted octanol–water partition coefficient (Wildman–Crippen LogP) is 1.28. The quantitative estimate of drug-likeness (QED) is 0.782. The molecule has 0 saturated carbocycles. The molecule has 1 unspecified atom stereocenters. The average molecular weight is 226 g/mol. The Labute approximate surface area is 87.5 Å². The minimum Gasteiger partial charge on any atom is -0.478 e. The largest absolute Gasteiger partial charge is 0.478 e. The van der Waals surface area contributed by atoms with E-state index < -0.39 is 15.8 Å². The van der Waals surface area contributed by atoms with Crippen molar-refractivity contribution < 1.29 is 18.3 Å². The van der Waals surface area contributed by atoms with Gasteiger partial charge in [-0.3, -0.25) is 0 Å². The Morgan fingerprint density at radius 3 is 2.73 bits per heavy atom. The van der Waals surface area contributed by atoms with E-state index in [2.05, 4.69) is 0 Å². The number of aromatic carboxylic acids is 1. The van der Waals surface area contributed by atoms with Crippen molar-refractivity contribution in [2.75, 3.05) is 5.75 Å². The van der Waals surface area contributed by atoms with Crippen LogP contribution in [0.4, 0.5) is 0 Å². The molecule has 0 fully saturated rings. The van der Waals surface area contributed by atoms with E-state index in [1.807, 2.05) is 0 Å². The zero-order valence-electron chi connectivity index (χ0n) is 8.10. The zero-order valence-corrected chi connectivity index (χ0v) is 8.91. The molecule has 15 heavy (non-hydrogen) atoms. The molecule has 0 saturated heterocycles. The van der Waals surface area contributed by atoms with Gasteiger partial charge in [0, 0.05) is 0 Å². The minimum atomic E-state index is -3.27. The second-order valence-corrected chi connectivity index (χ2v) is 5.71. The first kappa shape index (κ1) is 10.2. The van der Waals surface area contributed by atoms with Crippen molar-refractivity contribution in [1.82, 2.24) is 0 Å². The van der Waals surface area contributed by atoms with Crippen LogP contribution in [0.5, 0.6) is 0 Å². The van der Waals surface area contributed by atoms with Gasteiger partial charge in [0.25, 0.3) is 0 Å².